The molecule has 0 aliphatic heterocycles. The lowest BCUT2D eigenvalue weighted by Crippen LogP contribution is -1.94. The van der Waals surface area contributed by atoms with Crippen LogP contribution in [0.1, 0.15) is 0 Å². The van der Waals surface area contributed by atoms with Crippen molar-refractivity contribution in [3.63, 3.8) is 0 Å². The highest BCUT2D eigenvalue weighted by molar-refractivity contribution is 14.1. The SMILES string of the molecule is O=[N+]([O-])c1cc(F)c(I)cc1I. The van der Waals surface area contributed by atoms with E-state index in [0.29, 0.717) is 7.14 Å². The van der Waals surface area contributed by atoms with Crippen LogP contribution in [0, 0.1) is 23.1 Å². The van der Waals surface area contributed by atoms with Gasteiger partial charge in [0, 0.05) is 0 Å². The number of hydrogen-bond acceptors (Lipinski definition) is 2. The predicted molar refractivity (Wildman–Crippen MR) is 58.5 cm³/mol. The van der Waals surface area contributed by atoms with Crippen LogP contribution in [0.3, 0.4) is 0 Å². The molecule has 0 aliphatic carbocycles. The first-order valence-corrected chi connectivity index (χ1v) is 4.97. The van der Waals surface area contributed by atoms with E-state index < -0.39 is 10.7 Å². The number of nitro benzene ring substituents is 1. The van der Waals surface area contributed by atoms with Crippen molar-refractivity contribution in [2.24, 2.45) is 0 Å². The van der Waals surface area contributed by atoms with Gasteiger partial charge in [-0.05, 0) is 51.2 Å². The molecule has 1 rings (SSSR count). The molecule has 0 aliphatic rings. The topological polar surface area (TPSA) is 43.1 Å². The number of nitro groups is 1. The fourth-order valence-electron chi connectivity index (χ4n) is 0.652. The molecule has 0 spiro atoms. The first kappa shape index (κ1) is 10.1. The molecule has 0 unspecified atom stereocenters. The number of halogens is 3. The summed E-state index contributed by atoms with van der Waals surface area (Å²) in [4.78, 5) is 9.72. The van der Waals surface area contributed by atoms with E-state index >= 15 is 0 Å². The Morgan fingerprint density at radius 2 is 1.92 bits per heavy atom. The monoisotopic (exact) mass is 393 g/mol. The number of hydrogen-bond donors (Lipinski definition) is 0. The molecule has 3 nitrogen and oxygen atoms in total. The minimum absolute atomic E-state index is 0.187. The van der Waals surface area contributed by atoms with Crippen molar-refractivity contribution in [1.29, 1.82) is 0 Å². The Morgan fingerprint density at radius 3 is 2.42 bits per heavy atom. The van der Waals surface area contributed by atoms with Crippen LogP contribution in [-0.4, -0.2) is 4.92 Å². The van der Waals surface area contributed by atoms with Gasteiger partial charge in [-0.15, -0.1) is 0 Å². The van der Waals surface area contributed by atoms with E-state index in [1.165, 1.54) is 6.07 Å². The lowest BCUT2D eigenvalue weighted by atomic mass is 10.3. The molecule has 64 valence electrons. The highest BCUT2D eigenvalue weighted by Gasteiger charge is 2.14. The van der Waals surface area contributed by atoms with Crippen molar-refractivity contribution in [3.8, 4) is 0 Å². The summed E-state index contributed by atoms with van der Waals surface area (Å²) in [6.45, 7) is 0. The molecular weight excluding hydrogens is 391 g/mol. The Bertz CT molecular complexity index is 343. The molecule has 0 saturated heterocycles. The normalized spacial score (nSPS) is 9.92. The summed E-state index contributed by atoms with van der Waals surface area (Å²) in [5.74, 6) is -0.553. The maximum atomic E-state index is 12.8. The van der Waals surface area contributed by atoms with E-state index in [0.717, 1.165) is 6.07 Å². The maximum Gasteiger partial charge on any atom is 0.285 e. The van der Waals surface area contributed by atoms with Gasteiger partial charge in [-0.25, -0.2) is 4.39 Å². The maximum absolute atomic E-state index is 12.8. The quantitative estimate of drug-likeness (QED) is 0.319. The fraction of sp³-hybridized carbons (Fsp3) is 0. The molecule has 12 heavy (non-hydrogen) atoms. The van der Waals surface area contributed by atoms with Crippen molar-refractivity contribution < 1.29 is 9.31 Å². The summed E-state index contributed by atoms with van der Waals surface area (Å²) in [6, 6.07) is 2.37. The largest absolute Gasteiger partial charge is 0.285 e. The van der Waals surface area contributed by atoms with Crippen LogP contribution in [0.5, 0.6) is 0 Å². The fourth-order valence-corrected chi connectivity index (χ4v) is 2.38. The lowest BCUT2D eigenvalue weighted by Gasteiger charge is -1.97. The Balaban J connectivity index is 3.33. The van der Waals surface area contributed by atoms with Gasteiger partial charge in [0.25, 0.3) is 5.69 Å². The van der Waals surface area contributed by atoms with Crippen LogP contribution in [0.2, 0.25) is 0 Å². The smallest absolute Gasteiger partial charge is 0.258 e. The first-order chi connectivity index (χ1) is 5.52. The average molecular weight is 393 g/mol. The van der Waals surface area contributed by atoms with Gasteiger partial charge < -0.3 is 0 Å². The molecule has 0 heterocycles. The molecule has 1 aromatic rings. The van der Waals surface area contributed by atoms with Crippen molar-refractivity contribution in [1.82, 2.24) is 0 Å². The second kappa shape index (κ2) is 3.81. The van der Waals surface area contributed by atoms with Crippen molar-refractivity contribution in [2.45, 2.75) is 0 Å². The summed E-state index contributed by atoms with van der Waals surface area (Å²) in [5.41, 5.74) is -0.187. The highest BCUT2D eigenvalue weighted by Crippen LogP contribution is 2.24. The van der Waals surface area contributed by atoms with Crippen LogP contribution in [-0.2, 0) is 0 Å². The Morgan fingerprint density at radius 1 is 1.33 bits per heavy atom. The van der Waals surface area contributed by atoms with Gasteiger partial charge in [0.15, 0.2) is 0 Å². The zero-order chi connectivity index (χ0) is 9.30. The van der Waals surface area contributed by atoms with E-state index in [1.54, 1.807) is 45.2 Å². The van der Waals surface area contributed by atoms with E-state index in [-0.39, 0.29) is 5.69 Å². The second-order valence-electron chi connectivity index (χ2n) is 1.97. The molecule has 0 radical (unpaired) electrons. The molecule has 0 saturated carbocycles. The second-order valence-corrected chi connectivity index (χ2v) is 4.30. The third-order valence-electron chi connectivity index (χ3n) is 1.19. The van der Waals surface area contributed by atoms with Gasteiger partial charge in [0.05, 0.1) is 18.1 Å². The molecule has 0 amide bonds. The Hall–Kier alpha value is 0.0100. The van der Waals surface area contributed by atoms with Crippen LogP contribution in [0.25, 0.3) is 0 Å². The van der Waals surface area contributed by atoms with Gasteiger partial charge in [-0.1, -0.05) is 0 Å². The molecule has 0 bridgehead atoms. The highest BCUT2D eigenvalue weighted by atomic mass is 127. The molecule has 0 aromatic heterocycles. The minimum Gasteiger partial charge on any atom is -0.258 e. The number of nitrogens with zero attached hydrogens (tertiary/aromatic N) is 1. The molecule has 0 atom stereocenters. The standard InChI is InChI=1S/C6H2FI2NO2/c7-3-1-6(10(11)12)5(9)2-4(3)8/h1-2H. The zero-order valence-electron chi connectivity index (χ0n) is 5.55. The minimum atomic E-state index is -0.596. The van der Waals surface area contributed by atoms with Gasteiger partial charge in [0.1, 0.15) is 5.82 Å². The van der Waals surface area contributed by atoms with Crippen molar-refractivity contribution in [2.75, 3.05) is 0 Å². The number of benzene rings is 1. The molecule has 0 fully saturated rings. The summed E-state index contributed by atoms with van der Waals surface area (Å²) in [5, 5.41) is 10.3. The average Bonchev–Trinajstić information content (AvgIpc) is 1.96. The predicted octanol–water partition coefficient (Wildman–Crippen LogP) is 2.94. The summed E-state index contributed by atoms with van der Waals surface area (Å²) >= 11 is 3.59. The van der Waals surface area contributed by atoms with Crippen LogP contribution >= 0.6 is 45.2 Å². The molecule has 1 aromatic carbocycles. The van der Waals surface area contributed by atoms with Gasteiger partial charge in [0.2, 0.25) is 0 Å². The lowest BCUT2D eigenvalue weighted by molar-refractivity contribution is -0.386. The Kier molecular flexibility index (Phi) is 3.21. The van der Waals surface area contributed by atoms with Crippen LogP contribution < -0.4 is 0 Å². The Labute approximate surface area is 94.8 Å². The molecule has 0 N–H and O–H groups in total. The van der Waals surface area contributed by atoms with Gasteiger partial charge in [-0.3, -0.25) is 10.1 Å². The summed E-state index contributed by atoms with van der Waals surface area (Å²) in [6.07, 6.45) is 0. The van der Waals surface area contributed by atoms with E-state index in [1.807, 2.05) is 0 Å². The first-order valence-electron chi connectivity index (χ1n) is 2.81. The van der Waals surface area contributed by atoms with E-state index in [9.17, 15) is 14.5 Å². The molecule has 6 heteroatoms. The summed E-state index contributed by atoms with van der Waals surface area (Å²) in [7, 11) is 0. The van der Waals surface area contributed by atoms with E-state index in [2.05, 4.69) is 0 Å². The van der Waals surface area contributed by atoms with E-state index in [4.69, 9.17) is 0 Å². The molecular formula is C6H2FI2NO2. The number of rotatable bonds is 1. The van der Waals surface area contributed by atoms with Crippen LogP contribution in [0.15, 0.2) is 12.1 Å². The third-order valence-corrected chi connectivity index (χ3v) is 2.88. The van der Waals surface area contributed by atoms with Crippen molar-refractivity contribution >= 4 is 50.9 Å². The zero-order valence-corrected chi connectivity index (χ0v) is 9.87. The third kappa shape index (κ3) is 2.03. The van der Waals surface area contributed by atoms with Crippen LogP contribution in [0.4, 0.5) is 10.1 Å². The van der Waals surface area contributed by atoms with Gasteiger partial charge >= 0.3 is 0 Å². The summed E-state index contributed by atoms with van der Waals surface area (Å²) < 4.78 is 13.6. The van der Waals surface area contributed by atoms with Crippen molar-refractivity contribution in [3.05, 3.63) is 35.2 Å². The van der Waals surface area contributed by atoms with Gasteiger partial charge in [-0.2, -0.15) is 0 Å².